The maximum atomic E-state index is 11.9. The third kappa shape index (κ3) is 6.36. The molecule has 0 unspecified atom stereocenters. The van der Waals surface area contributed by atoms with Crippen LogP contribution >= 0.6 is 15.9 Å². The number of esters is 1. The Morgan fingerprint density at radius 3 is 2.11 bits per heavy atom. The van der Waals surface area contributed by atoms with Crippen LogP contribution in [0.3, 0.4) is 0 Å². The summed E-state index contributed by atoms with van der Waals surface area (Å²) in [6.45, 7) is 0.502. The van der Waals surface area contributed by atoms with Crippen molar-refractivity contribution in [1.82, 2.24) is 0 Å². The molecule has 7 heteroatoms. The molecule has 27 heavy (non-hydrogen) atoms. The topological polar surface area (TPSA) is 63.2 Å². The standard InChI is InChI=1S/C20H23BrO6/c1-23-17-12-14(13-18(24-2)20(17)25-3)4-9-19(22)27-11-10-26-16-7-5-15(21)6-8-16/h5-8,12-13H,4,9-11H2,1-3H3. The molecule has 0 aromatic heterocycles. The summed E-state index contributed by atoms with van der Waals surface area (Å²) in [4.78, 5) is 11.9. The molecule has 0 aliphatic carbocycles. The van der Waals surface area contributed by atoms with Crippen LogP contribution in [0, 0.1) is 0 Å². The number of hydrogen-bond acceptors (Lipinski definition) is 6. The van der Waals surface area contributed by atoms with E-state index < -0.39 is 0 Å². The van der Waals surface area contributed by atoms with Gasteiger partial charge in [-0.15, -0.1) is 0 Å². The van der Waals surface area contributed by atoms with Gasteiger partial charge in [-0.1, -0.05) is 15.9 Å². The first-order chi connectivity index (χ1) is 13.1. The summed E-state index contributed by atoms with van der Waals surface area (Å²) in [5.41, 5.74) is 0.896. The van der Waals surface area contributed by atoms with Gasteiger partial charge in [-0.2, -0.15) is 0 Å². The van der Waals surface area contributed by atoms with Gasteiger partial charge >= 0.3 is 5.97 Å². The number of rotatable bonds is 10. The summed E-state index contributed by atoms with van der Waals surface area (Å²) in [6, 6.07) is 11.1. The number of carbonyl (C=O) groups is 1. The summed E-state index contributed by atoms with van der Waals surface area (Å²) < 4.78 is 27.6. The van der Waals surface area contributed by atoms with Gasteiger partial charge in [-0.3, -0.25) is 4.79 Å². The average Bonchev–Trinajstić information content (AvgIpc) is 2.70. The Balaban J connectivity index is 1.78. The number of aryl methyl sites for hydroxylation is 1. The molecular formula is C20H23BrO6. The number of carbonyl (C=O) groups excluding carboxylic acids is 1. The maximum absolute atomic E-state index is 11.9. The minimum absolute atomic E-state index is 0.199. The second-order valence-corrected chi connectivity index (χ2v) is 6.47. The van der Waals surface area contributed by atoms with Crippen LogP contribution in [0.2, 0.25) is 0 Å². The van der Waals surface area contributed by atoms with Crippen LogP contribution in [0.1, 0.15) is 12.0 Å². The van der Waals surface area contributed by atoms with E-state index >= 15 is 0 Å². The van der Waals surface area contributed by atoms with Gasteiger partial charge in [0.15, 0.2) is 11.5 Å². The van der Waals surface area contributed by atoms with Crippen molar-refractivity contribution in [3.05, 3.63) is 46.4 Å². The molecule has 0 aliphatic heterocycles. The van der Waals surface area contributed by atoms with E-state index in [9.17, 15) is 4.79 Å². The number of methoxy groups -OCH3 is 3. The maximum Gasteiger partial charge on any atom is 0.306 e. The molecule has 2 aromatic rings. The lowest BCUT2D eigenvalue weighted by molar-refractivity contribution is -0.144. The van der Waals surface area contributed by atoms with E-state index in [4.69, 9.17) is 23.7 Å². The molecule has 0 fully saturated rings. The Kier molecular flexibility index (Phi) is 8.26. The highest BCUT2D eigenvalue weighted by Crippen LogP contribution is 2.38. The molecule has 2 aromatic carbocycles. The number of halogens is 1. The fourth-order valence-electron chi connectivity index (χ4n) is 2.44. The summed E-state index contributed by atoms with van der Waals surface area (Å²) in [5, 5.41) is 0. The highest BCUT2D eigenvalue weighted by atomic mass is 79.9. The van der Waals surface area contributed by atoms with Gasteiger partial charge in [-0.05, 0) is 48.4 Å². The van der Waals surface area contributed by atoms with E-state index in [-0.39, 0.29) is 19.0 Å². The Morgan fingerprint density at radius 2 is 1.56 bits per heavy atom. The van der Waals surface area contributed by atoms with Gasteiger partial charge in [-0.25, -0.2) is 0 Å². The second-order valence-electron chi connectivity index (χ2n) is 5.56. The van der Waals surface area contributed by atoms with Crippen molar-refractivity contribution in [2.75, 3.05) is 34.5 Å². The number of hydrogen-bond donors (Lipinski definition) is 0. The van der Waals surface area contributed by atoms with Crippen LogP contribution in [0.5, 0.6) is 23.0 Å². The monoisotopic (exact) mass is 438 g/mol. The zero-order valence-corrected chi connectivity index (χ0v) is 17.2. The van der Waals surface area contributed by atoms with Crippen molar-refractivity contribution in [1.29, 1.82) is 0 Å². The molecule has 0 radical (unpaired) electrons. The minimum atomic E-state index is -0.289. The molecule has 6 nitrogen and oxygen atoms in total. The predicted molar refractivity (Wildman–Crippen MR) is 105 cm³/mol. The van der Waals surface area contributed by atoms with Gasteiger partial charge in [0, 0.05) is 10.9 Å². The van der Waals surface area contributed by atoms with E-state index in [2.05, 4.69) is 15.9 Å². The van der Waals surface area contributed by atoms with Gasteiger partial charge < -0.3 is 23.7 Å². The van der Waals surface area contributed by atoms with Crippen molar-refractivity contribution in [2.45, 2.75) is 12.8 Å². The molecule has 0 amide bonds. The lowest BCUT2D eigenvalue weighted by Crippen LogP contribution is -2.12. The third-order valence-electron chi connectivity index (χ3n) is 3.77. The van der Waals surface area contributed by atoms with E-state index in [0.29, 0.717) is 30.3 Å². The summed E-state index contributed by atoms with van der Waals surface area (Å²) in [7, 11) is 4.66. The SMILES string of the molecule is COc1cc(CCC(=O)OCCOc2ccc(Br)cc2)cc(OC)c1OC. The zero-order valence-electron chi connectivity index (χ0n) is 15.6. The lowest BCUT2D eigenvalue weighted by atomic mass is 10.1. The van der Waals surface area contributed by atoms with Gasteiger partial charge in [0.2, 0.25) is 5.75 Å². The predicted octanol–water partition coefficient (Wildman–Crippen LogP) is 4.03. The number of ether oxygens (including phenoxy) is 5. The highest BCUT2D eigenvalue weighted by molar-refractivity contribution is 9.10. The van der Waals surface area contributed by atoms with Crippen LogP contribution < -0.4 is 18.9 Å². The largest absolute Gasteiger partial charge is 0.493 e. The average molecular weight is 439 g/mol. The van der Waals surface area contributed by atoms with E-state index in [1.165, 1.54) is 0 Å². The van der Waals surface area contributed by atoms with Crippen LogP contribution in [0.4, 0.5) is 0 Å². The van der Waals surface area contributed by atoms with Gasteiger partial charge in [0.05, 0.1) is 21.3 Å². The molecule has 0 saturated carbocycles. The van der Waals surface area contributed by atoms with Crippen molar-refractivity contribution in [3.8, 4) is 23.0 Å². The number of benzene rings is 2. The molecule has 0 heterocycles. The normalized spacial score (nSPS) is 10.2. The summed E-state index contributed by atoms with van der Waals surface area (Å²) in [5.74, 6) is 2.08. The minimum Gasteiger partial charge on any atom is -0.493 e. The van der Waals surface area contributed by atoms with Gasteiger partial charge in [0.25, 0.3) is 0 Å². The first kappa shape index (κ1) is 20.9. The molecule has 146 valence electrons. The molecule has 0 bridgehead atoms. The molecule has 0 spiro atoms. The molecule has 2 rings (SSSR count). The van der Waals surface area contributed by atoms with Crippen LogP contribution in [-0.2, 0) is 16.0 Å². The molecule has 0 atom stereocenters. The molecule has 0 aliphatic rings. The Morgan fingerprint density at radius 1 is 0.926 bits per heavy atom. The van der Waals surface area contributed by atoms with Crippen molar-refractivity contribution in [2.24, 2.45) is 0 Å². The first-order valence-electron chi connectivity index (χ1n) is 8.40. The first-order valence-corrected chi connectivity index (χ1v) is 9.19. The van der Waals surface area contributed by atoms with Gasteiger partial charge in [0.1, 0.15) is 19.0 Å². The fourth-order valence-corrected chi connectivity index (χ4v) is 2.71. The molecule has 0 N–H and O–H groups in total. The quantitative estimate of drug-likeness (QED) is 0.412. The van der Waals surface area contributed by atoms with E-state index in [1.54, 1.807) is 21.3 Å². The lowest BCUT2D eigenvalue weighted by Gasteiger charge is -2.14. The molecule has 0 saturated heterocycles. The molecular weight excluding hydrogens is 416 g/mol. The van der Waals surface area contributed by atoms with Crippen LogP contribution in [-0.4, -0.2) is 40.5 Å². The van der Waals surface area contributed by atoms with Crippen LogP contribution in [0.15, 0.2) is 40.9 Å². The second kappa shape index (κ2) is 10.7. The van der Waals surface area contributed by atoms with E-state index in [1.807, 2.05) is 36.4 Å². The summed E-state index contributed by atoms with van der Waals surface area (Å²) in [6.07, 6.45) is 0.750. The fraction of sp³-hybridized carbons (Fsp3) is 0.350. The zero-order chi connectivity index (χ0) is 19.6. The smallest absolute Gasteiger partial charge is 0.306 e. The Labute approximate surface area is 167 Å². The van der Waals surface area contributed by atoms with Crippen molar-refractivity contribution < 1.29 is 28.5 Å². The highest BCUT2D eigenvalue weighted by Gasteiger charge is 2.14. The third-order valence-corrected chi connectivity index (χ3v) is 4.30. The van der Waals surface area contributed by atoms with Crippen LogP contribution in [0.25, 0.3) is 0 Å². The van der Waals surface area contributed by atoms with Crippen molar-refractivity contribution >= 4 is 21.9 Å². The van der Waals surface area contributed by atoms with Crippen molar-refractivity contribution in [3.63, 3.8) is 0 Å². The Bertz CT molecular complexity index is 720. The summed E-state index contributed by atoms with van der Waals surface area (Å²) >= 11 is 3.36. The van der Waals surface area contributed by atoms with E-state index in [0.717, 1.165) is 15.8 Å². The Hall–Kier alpha value is -2.41.